The van der Waals surface area contributed by atoms with E-state index in [4.69, 9.17) is 9.15 Å². The highest BCUT2D eigenvalue weighted by molar-refractivity contribution is 7.13. The van der Waals surface area contributed by atoms with Crippen molar-refractivity contribution in [2.45, 2.75) is 27.0 Å². The Labute approximate surface area is 194 Å². The van der Waals surface area contributed by atoms with E-state index < -0.39 is 0 Å². The first-order valence-electron chi connectivity index (χ1n) is 10.2. The molecule has 8 nitrogen and oxygen atoms in total. The van der Waals surface area contributed by atoms with Gasteiger partial charge in [-0.2, -0.15) is 0 Å². The van der Waals surface area contributed by atoms with Crippen LogP contribution in [-0.2, 0) is 13.2 Å². The maximum Gasteiger partial charge on any atom is 0.286 e. The number of nitrogens with one attached hydrogen (secondary N) is 2. The average Bonchev–Trinajstić information content (AvgIpc) is 3.48. The van der Waals surface area contributed by atoms with Crippen molar-refractivity contribution in [3.8, 4) is 5.75 Å². The number of carbonyl (C=O) groups is 2. The lowest BCUT2D eigenvalue weighted by Gasteiger charge is -2.06. The van der Waals surface area contributed by atoms with Crippen molar-refractivity contribution < 1.29 is 18.7 Å². The highest BCUT2D eigenvalue weighted by Crippen LogP contribution is 2.19. The Bertz CT molecular complexity index is 1230. The number of aromatic nitrogens is 2. The largest absolute Gasteiger partial charge is 0.486 e. The third-order valence-electron chi connectivity index (χ3n) is 4.63. The first kappa shape index (κ1) is 22.2. The number of aryl methyl sites for hydroxylation is 2. The van der Waals surface area contributed by atoms with Gasteiger partial charge < -0.3 is 19.8 Å². The van der Waals surface area contributed by atoms with Crippen LogP contribution in [0.3, 0.4) is 0 Å². The zero-order chi connectivity index (χ0) is 23.2. The fourth-order valence-corrected chi connectivity index (χ4v) is 3.79. The number of benzene rings is 2. The standard InChI is InChI=1S/C24H22N4O4S/c1-15-10-16(2)12-20(11-15)32-14-21-27-28-24(33-21)23(30)26-18-7-5-17(6-8-18)22(29)25-13-19-4-3-9-31-19/h3-12H,13-14H2,1-2H3,(H,25,29)(H,26,30). The second-order valence-corrected chi connectivity index (χ2v) is 8.47. The number of nitrogens with zero attached hydrogens (tertiary/aromatic N) is 2. The van der Waals surface area contributed by atoms with Crippen molar-refractivity contribution in [1.29, 1.82) is 0 Å². The Morgan fingerprint density at radius 2 is 1.76 bits per heavy atom. The number of ether oxygens (including phenoxy) is 1. The van der Waals surface area contributed by atoms with E-state index in [1.807, 2.05) is 26.0 Å². The molecule has 0 aliphatic rings. The molecule has 9 heteroatoms. The van der Waals surface area contributed by atoms with Gasteiger partial charge in [0.15, 0.2) is 5.01 Å². The Hall–Kier alpha value is -3.98. The van der Waals surface area contributed by atoms with E-state index in [-0.39, 0.29) is 23.4 Å². The van der Waals surface area contributed by atoms with E-state index in [0.29, 0.717) is 28.6 Å². The monoisotopic (exact) mass is 462 g/mol. The number of amides is 2. The molecule has 168 valence electrons. The first-order chi connectivity index (χ1) is 16.0. The Balaban J connectivity index is 1.30. The van der Waals surface area contributed by atoms with Crippen molar-refractivity contribution in [1.82, 2.24) is 15.5 Å². The van der Waals surface area contributed by atoms with Crippen LogP contribution in [0.25, 0.3) is 0 Å². The molecule has 0 saturated carbocycles. The molecule has 4 rings (SSSR count). The highest BCUT2D eigenvalue weighted by atomic mass is 32.1. The van der Waals surface area contributed by atoms with Gasteiger partial charge in [-0.25, -0.2) is 0 Å². The summed E-state index contributed by atoms with van der Waals surface area (Å²) in [6.07, 6.45) is 1.55. The maximum absolute atomic E-state index is 12.5. The van der Waals surface area contributed by atoms with Crippen LogP contribution < -0.4 is 15.4 Å². The number of rotatable bonds is 8. The normalized spacial score (nSPS) is 10.6. The zero-order valence-corrected chi connectivity index (χ0v) is 18.9. The van der Waals surface area contributed by atoms with E-state index >= 15 is 0 Å². The van der Waals surface area contributed by atoms with E-state index in [2.05, 4.69) is 26.9 Å². The molecule has 2 amide bonds. The molecule has 0 atom stereocenters. The summed E-state index contributed by atoms with van der Waals surface area (Å²) in [6, 6.07) is 16.1. The maximum atomic E-state index is 12.5. The van der Waals surface area contributed by atoms with Gasteiger partial charge in [-0.3, -0.25) is 9.59 Å². The number of hydrogen-bond acceptors (Lipinski definition) is 7. The average molecular weight is 463 g/mol. The quantitative estimate of drug-likeness (QED) is 0.399. The van der Waals surface area contributed by atoms with Gasteiger partial charge in [0.2, 0.25) is 5.01 Å². The van der Waals surface area contributed by atoms with Crippen molar-refractivity contribution in [3.05, 3.63) is 93.3 Å². The second kappa shape index (κ2) is 10.1. The topological polar surface area (TPSA) is 106 Å². The summed E-state index contributed by atoms with van der Waals surface area (Å²) < 4.78 is 11.0. The molecule has 0 aliphatic carbocycles. The predicted octanol–water partition coefficient (Wildman–Crippen LogP) is 4.51. The second-order valence-electron chi connectivity index (χ2n) is 7.41. The summed E-state index contributed by atoms with van der Waals surface area (Å²) in [5.41, 5.74) is 3.25. The van der Waals surface area contributed by atoms with Crippen LogP contribution in [0.2, 0.25) is 0 Å². The Morgan fingerprint density at radius 1 is 1.00 bits per heavy atom. The minimum absolute atomic E-state index is 0.231. The van der Waals surface area contributed by atoms with E-state index in [1.54, 1.807) is 42.7 Å². The molecule has 2 aromatic carbocycles. The van der Waals surface area contributed by atoms with Gasteiger partial charge in [0.25, 0.3) is 11.8 Å². The molecule has 0 spiro atoms. The van der Waals surface area contributed by atoms with Crippen molar-refractivity contribution in [2.75, 3.05) is 5.32 Å². The minimum atomic E-state index is -0.375. The van der Waals surface area contributed by atoms with Gasteiger partial charge in [-0.1, -0.05) is 17.4 Å². The molecule has 2 heterocycles. The summed E-state index contributed by atoms with van der Waals surface area (Å²) in [5, 5.41) is 14.4. The van der Waals surface area contributed by atoms with Gasteiger partial charge in [0.1, 0.15) is 18.1 Å². The van der Waals surface area contributed by atoms with Crippen LogP contribution in [0.15, 0.2) is 65.3 Å². The molecule has 0 saturated heterocycles. The summed E-state index contributed by atoms with van der Waals surface area (Å²) >= 11 is 1.17. The van der Waals surface area contributed by atoms with Gasteiger partial charge >= 0.3 is 0 Å². The smallest absolute Gasteiger partial charge is 0.286 e. The molecular formula is C24H22N4O4S. The molecule has 0 radical (unpaired) electrons. The van der Waals surface area contributed by atoms with Gasteiger partial charge in [0, 0.05) is 11.3 Å². The lowest BCUT2D eigenvalue weighted by molar-refractivity contribution is 0.0947. The molecule has 0 unspecified atom stereocenters. The predicted molar refractivity (Wildman–Crippen MR) is 124 cm³/mol. The number of carbonyl (C=O) groups excluding carboxylic acids is 2. The lowest BCUT2D eigenvalue weighted by atomic mass is 10.1. The van der Waals surface area contributed by atoms with Crippen molar-refractivity contribution >= 4 is 28.8 Å². The van der Waals surface area contributed by atoms with Crippen LogP contribution in [-0.4, -0.2) is 22.0 Å². The first-order valence-corrected chi connectivity index (χ1v) is 11.0. The summed E-state index contributed by atoms with van der Waals surface area (Å²) in [6.45, 7) is 4.55. The Kier molecular flexibility index (Phi) is 6.80. The summed E-state index contributed by atoms with van der Waals surface area (Å²) in [5.74, 6) is 0.812. The SMILES string of the molecule is Cc1cc(C)cc(OCc2nnc(C(=O)Nc3ccc(C(=O)NCc4ccco4)cc3)s2)c1. The molecule has 2 N–H and O–H groups in total. The van der Waals surface area contributed by atoms with Crippen molar-refractivity contribution in [2.24, 2.45) is 0 Å². The molecular weight excluding hydrogens is 440 g/mol. The van der Waals surface area contributed by atoms with Crippen molar-refractivity contribution in [3.63, 3.8) is 0 Å². The van der Waals surface area contributed by atoms with Crippen LogP contribution in [0, 0.1) is 13.8 Å². The van der Waals surface area contributed by atoms with Crippen LogP contribution >= 0.6 is 11.3 Å². The van der Waals surface area contributed by atoms with Crippen LogP contribution in [0.4, 0.5) is 5.69 Å². The van der Waals surface area contributed by atoms with Gasteiger partial charge in [-0.05, 0) is 73.5 Å². The zero-order valence-electron chi connectivity index (χ0n) is 18.1. The minimum Gasteiger partial charge on any atom is -0.486 e. The van der Waals surface area contributed by atoms with Crippen LogP contribution in [0.5, 0.6) is 5.75 Å². The van der Waals surface area contributed by atoms with Crippen LogP contribution in [0.1, 0.15) is 42.1 Å². The molecule has 4 aromatic rings. The molecule has 0 aliphatic heterocycles. The third-order valence-corrected chi connectivity index (χ3v) is 5.52. The molecule has 0 fully saturated rings. The highest BCUT2D eigenvalue weighted by Gasteiger charge is 2.14. The van der Waals surface area contributed by atoms with Gasteiger partial charge in [-0.15, -0.1) is 10.2 Å². The molecule has 0 bridgehead atoms. The van der Waals surface area contributed by atoms with E-state index in [9.17, 15) is 9.59 Å². The molecule has 2 aromatic heterocycles. The fourth-order valence-electron chi connectivity index (χ4n) is 3.14. The summed E-state index contributed by atoms with van der Waals surface area (Å²) in [7, 11) is 0. The van der Waals surface area contributed by atoms with E-state index in [1.165, 1.54) is 11.3 Å². The Morgan fingerprint density at radius 3 is 2.45 bits per heavy atom. The third kappa shape index (κ3) is 6.05. The number of furan rings is 1. The summed E-state index contributed by atoms with van der Waals surface area (Å²) in [4.78, 5) is 24.7. The number of hydrogen-bond donors (Lipinski definition) is 2. The molecule has 33 heavy (non-hydrogen) atoms. The van der Waals surface area contributed by atoms with E-state index in [0.717, 1.165) is 16.9 Å². The lowest BCUT2D eigenvalue weighted by Crippen LogP contribution is -2.22. The number of anilines is 1. The fraction of sp³-hybridized carbons (Fsp3) is 0.167. The van der Waals surface area contributed by atoms with Gasteiger partial charge in [0.05, 0.1) is 12.8 Å².